The van der Waals surface area contributed by atoms with E-state index in [0.29, 0.717) is 20.5 Å². The van der Waals surface area contributed by atoms with Crippen LogP contribution in [0.25, 0.3) is 0 Å². The van der Waals surface area contributed by atoms with Crippen LogP contribution in [-0.4, -0.2) is 9.65 Å². The van der Waals surface area contributed by atoms with Gasteiger partial charge in [0.2, 0.25) is 0 Å². The van der Waals surface area contributed by atoms with Crippen molar-refractivity contribution in [2.45, 2.75) is 62.0 Å². The Balaban J connectivity index is 2.07. The van der Waals surface area contributed by atoms with E-state index in [-0.39, 0.29) is 0 Å². The lowest BCUT2D eigenvalue weighted by atomic mass is 9.38. The van der Waals surface area contributed by atoms with Crippen LogP contribution in [0.3, 0.4) is 0 Å². The third kappa shape index (κ3) is 1.16. The van der Waals surface area contributed by atoms with Crippen molar-refractivity contribution < 1.29 is 0 Å². The molecule has 90 valence electrons. The summed E-state index contributed by atoms with van der Waals surface area (Å²) in [7, 11) is 0. The van der Waals surface area contributed by atoms with E-state index < -0.39 is 0 Å². The molecule has 0 heterocycles. The molecule has 0 amide bonds. The highest BCUT2D eigenvalue weighted by molar-refractivity contribution is 9.12. The molecule has 0 aliphatic heterocycles. The summed E-state index contributed by atoms with van der Waals surface area (Å²) >= 11 is 7.77. The molecule has 0 spiro atoms. The Kier molecular flexibility index (Phi) is 2.65. The molecule has 0 radical (unpaired) electrons. The van der Waals surface area contributed by atoms with Crippen LogP contribution in [0.15, 0.2) is 11.1 Å². The maximum Gasteiger partial charge on any atom is 0.0280 e. The van der Waals surface area contributed by atoms with E-state index in [1.165, 1.54) is 38.5 Å². The van der Waals surface area contributed by atoms with E-state index in [1.807, 2.05) is 0 Å². The molecule has 0 N–H and O–H groups in total. The minimum absolute atomic E-state index is 0.577. The van der Waals surface area contributed by atoms with Crippen LogP contribution in [0.4, 0.5) is 0 Å². The third-order valence-corrected chi connectivity index (χ3v) is 8.48. The lowest BCUT2D eigenvalue weighted by Gasteiger charge is -2.68. The van der Waals surface area contributed by atoms with Gasteiger partial charge in [0, 0.05) is 20.5 Å². The molecular weight excluding hydrogens is 328 g/mol. The third-order valence-electron chi connectivity index (χ3n) is 5.85. The van der Waals surface area contributed by atoms with Gasteiger partial charge in [-0.05, 0) is 39.5 Å². The van der Waals surface area contributed by atoms with Gasteiger partial charge in [0.15, 0.2) is 0 Å². The smallest absolute Gasteiger partial charge is 0.0280 e. The highest BCUT2D eigenvalue weighted by Gasteiger charge is 2.64. The van der Waals surface area contributed by atoms with E-state index in [4.69, 9.17) is 0 Å². The van der Waals surface area contributed by atoms with Gasteiger partial charge in [-0.1, -0.05) is 55.8 Å². The number of allylic oxidation sites excluding steroid dienone is 2. The minimum Gasteiger partial charge on any atom is -0.0878 e. The maximum atomic E-state index is 3.89. The monoisotopic (exact) mass is 346 g/mol. The van der Waals surface area contributed by atoms with Crippen molar-refractivity contribution in [3.05, 3.63) is 11.1 Å². The SMILES string of the molecule is CC1=C(C)C23CCCCC12CC(Br)C(Br)C3. The molecule has 0 aromatic heterocycles. The van der Waals surface area contributed by atoms with Crippen LogP contribution < -0.4 is 0 Å². The first kappa shape index (κ1) is 11.8. The second-order valence-electron chi connectivity index (χ2n) is 6.06. The lowest BCUT2D eigenvalue weighted by molar-refractivity contribution is -0.0271. The van der Waals surface area contributed by atoms with Gasteiger partial charge in [-0.25, -0.2) is 0 Å². The van der Waals surface area contributed by atoms with Gasteiger partial charge in [-0.15, -0.1) is 0 Å². The summed E-state index contributed by atoms with van der Waals surface area (Å²) in [5, 5.41) is 0. The predicted octanol–water partition coefficient (Wildman–Crippen LogP) is 5.20. The summed E-state index contributed by atoms with van der Waals surface area (Å²) in [5.41, 5.74) is 4.62. The Morgan fingerprint density at radius 2 is 1.25 bits per heavy atom. The summed E-state index contributed by atoms with van der Waals surface area (Å²) in [6.45, 7) is 4.79. The number of halogens is 2. The van der Waals surface area contributed by atoms with Crippen LogP contribution >= 0.6 is 31.9 Å². The van der Waals surface area contributed by atoms with Crippen molar-refractivity contribution in [3.8, 4) is 0 Å². The first-order chi connectivity index (χ1) is 7.53. The fourth-order valence-corrected chi connectivity index (χ4v) is 6.38. The van der Waals surface area contributed by atoms with Gasteiger partial charge in [-0.2, -0.15) is 0 Å². The Hall–Kier alpha value is 0.700. The molecule has 16 heavy (non-hydrogen) atoms. The molecule has 2 saturated carbocycles. The zero-order valence-electron chi connectivity index (χ0n) is 10.2. The standard InChI is InChI=1S/C14H20Br2/c1-9-10(2)14-6-4-3-5-13(9,14)7-11(15)12(16)8-14/h11-12H,3-8H2,1-2H3. The van der Waals surface area contributed by atoms with Gasteiger partial charge < -0.3 is 0 Å². The number of hydrogen-bond acceptors (Lipinski definition) is 0. The average Bonchev–Trinajstić information content (AvgIpc) is 2.29. The van der Waals surface area contributed by atoms with Gasteiger partial charge in [0.1, 0.15) is 0 Å². The summed E-state index contributed by atoms with van der Waals surface area (Å²) in [4.78, 5) is 1.34. The fourth-order valence-electron chi connectivity index (χ4n) is 4.90. The van der Waals surface area contributed by atoms with E-state index in [1.54, 1.807) is 11.1 Å². The normalized spacial score (nSPS) is 51.8. The number of rotatable bonds is 0. The van der Waals surface area contributed by atoms with E-state index in [0.717, 1.165) is 0 Å². The van der Waals surface area contributed by atoms with Gasteiger partial charge >= 0.3 is 0 Å². The minimum atomic E-state index is 0.577. The molecular formula is C14H20Br2. The molecule has 0 nitrogen and oxygen atoms in total. The van der Waals surface area contributed by atoms with Crippen molar-refractivity contribution >= 4 is 31.9 Å². The molecule has 3 aliphatic rings. The average molecular weight is 348 g/mol. The molecule has 0 aromatic rings. The molecule has 3 rings (SSSR count). The van der Waals surface area contributed by atoms with Gasteiger partial charge in [0.05, 0.1) is 0 Å². The van der Waals surface area contributed by atoms with Gasteiger partial charge in [-0.3, -0.25) is 0 Å². The van der Waals surface area contributed by atoms with Crippen LogP contribution in [-0.2, 0) is 0 Å². The highest BCUT2D eigenvalue weighted by Crippen LogP contribution is 2.74. The Morgan fingerprint density at radius 1 is 0.875 bits per heavy atom. The van der Waals surface area contributed by atoms with E-state index >= 15 is 0 Å². The lowest BCUT2D eigenvalue weighted by Crippen LogP contribution is -2.60. The van der Waals surface area contributed by atoms with E-state index in [9.17, 15) is 0 Å². The van der Waals surface area contributed by atoms with Crippen LogP contribution in [0.2, 0.25) is 0 Å². The maximum absolute atomic E-state index is 3.89. The largest absolute Gasteiger partial charge is 0.0878 e. The zero-order chi connectivity index (χ0) is 11.6. The van der Waals surface area contributed by atoms with Crippen molar-refractivity contribution in [1.82, 2.24) is 0 Å². The molecule has 0 bridgehead atoms. The molecule has 0 aromatic carbocycles. The molecule has 4 atom stereocenters. The molecule has 0 saturated heterocycles. The van der Waals surface area contributed by atoms with E-state index in [2.05, 4.69) is 45.7 Å². The van der Waals surface area contributed by atoms with Crippen molar-refractivity contribution in [2.75, 3.05) is 0 Å². The van der Waals surface area contributed by atoms with Crippen LogP contribution in [0, 0.1) is 10.8 Å². The summed E-state index contributed by atoms with van der Waals surface area (Å²) < 4.78 is 0. The topological polar surface area (TPSA) is 0 Å². The Morgan fingerprint density at radius 3 is 1.62 bits per heavy atom. The Labute approximate surface area is 116 Å². The van der Waals surface area contributed by atoms with Crippen LogP contribution in [0.1, 0.15) is 52.4 Å². The summed E-state index contributed by atoms with van der Waals surface area (Å²) in [5.74, 6) is 0. The van der Waals surface area contributed by atoms with Crippen LogP contribution in [0.5, 0.6) is 0 Å². The zero-order valence-corrected chi connectivity index (χ0v) is 13.3. The Bertz CT molecular complexity index is 326. The first-order valence-electron chi connectivity index (χ1n) is 6.50. The quantitative estimate of drug-likeness (QED) is 0.417. The fraction of sp³-hybridized carbons (Fsp3) is 0.857. The number of alkyl halides is 2. The number of hydrogen-bond donors (Lipinski definition) is 0. The molecule has 2 heteroatoms. The highest BCUT2D eigenvalue weighted by atomic mass is 79.9. The molecule has 2 fully saturated rings. The molecule has 3 aliphatic carbocycles. The van der Waals surface area contributed by atoms with Crippen molar-refractivity contribution in [1.29, 1.82) is 0 Å². The van der Waals surface area contributed by atoms with Crippen molar-refractivity contribution in [2.24, 2.45) is 10.8 Å². The first-order valence-corrected chi connectivity index (χ1v) is 8.33. The predicted molar refractivity (Wildman–Crippen MR) is 76.4 cm³/mol. The molecule has 4 unspecified atom stereocenters. The summed E-state index contributed by atoms with van der Waals surface area (Å²) in [6, 6.07) is 0. The second-order valence-corrected chi connectivity index (χ2v) is 8.41. The van der Waals surface area contributed by atoms with Gasteiger partial charge in [0.25, 0.3) is 0 Å². The van der Waals surface area contributed by atoms with Crippen molar-refractivity contribution in [3.63, 3.8) is 0 Å². The second kappa shape index (κ2) is 3.60. The summed E-state index contributed by atoms with van der Waals surface area (Å²) in [6.07, 6.45) is 8.48.